The summed E-state index contributed by atoms with van der Waals surface area (Å²) in [5.41, 5.74) is 11.1. The Balaban J connectivity index is 2.26. The first-order chi connectivity index (χ1) is 10.7. The highest BCUT2D eigenvalue weighted by Crippen LogP contribution is 2.35. The predicted molar refractivity (Wildman–Crippen MR) is 84.8 cm³/mol. The maximum Gasteiger partial charge on any atom is 0.142 e. The predicted octanol–water partition coefficient (Wildman–Crippen LogP) is 3.34. The number of hydrogen-bond acceptors (Lipinski definition) is 4. The van der Waals surface area contributed by atoms with Crippen molar-refractivity contribution < 1.29 is 0 Å². The number of aryl methyl sites for hydroxylation is 1. The van der Waals surface area contributed by atoms with Crippen LogP contribution < -0.4 is 5.73 Å². The van der Waals surface area contributed by atoms with Crippen LogP contribution >= 0.6 is 0 Å². The fourth-order valence-electron chi connectivity index (χ4n) is 3.08. The van der Waals surface area contributed by atoms with Crippen molar-refractivity contribution in [2.45, 2.75) is 32.1 Å². The van der Waals surface area contributed by atoms with Crippen molar-refractivity contribution in [1.82, 2.24) is 4.98 Å². The topological polar surface area (TPSA) is 86.5 Å². The fraction of sp³-hybridized carbons (Fsp3) is 0.278. The van der Waals surface area contributed by atoms with Crippen LogP contribution in [-0.2, 0) is 12.8 Å². The number of nitrogens with zero attached hydrogens (tertiary/aromatic N) is 3. The third-order valence-electron chi connectivity index (χ3n) is 4.17. The summed E-state index contributed by atoms with van der Waals surface area (Å²) in [6.07, 6.45) is 5.22. The molecule has 1 aliphatic carbocycles. The van der Waals surface area contributed by atoms with Gasteiger partial charge in [0, 0.05) is 11.3 Å². The van der Waals surface area contributed by atoms with Gasteiger partial charge in [0.1, 0.15) is 17.5 Å². The molecule has 0 atom stereocenters. The molecule has 0 spiro atoms. The Kier molecular flexibility index (Phi) is 3.76. The standard InChI is InChI=1S/C18H16N4/c19-10-12-6-8-13(9-7-12)17-14-4-2-1-3-5-16(14)22-18(21)15(17)11-20/h6-9H,1-5H2,(H2,21,22). The minimum Gasteiger partial charge on any atom is -0.383 e. The van der Waals surface area contributed by atoms with Gasteiger partial charge in [0.15, 0.2) is 0 Å². The van der Waals surface area contributed by atoms with Gasteiger partial charge >= 0.3 is 0 Å². The van der Waals surface area contributed by atoms with E-state index in [1.54, 1.807) is 12.1 Å². The van der Waals surface area contributed by atoms with E-state index >= 15 is 0 Å². The van der Waals surface area contributed by atoms with E-state index in [0.29, 0.717) is 16.9 Å². The summed E-state index contributed by atoms with van der Waals surface area (Å²) >= 11 is 0. The lowest BCUT2D eigenvalue weighted by atomic mass is 9.91. The molecule has 0 saturated carbocycles. The summed E-state index contributed by atoms with van der Waals surface area (Å²) < 4.78 is 0. The first-order valence-corrected chi connectivity index (χ1v) is 7.46. The molecule has 4 heteroatoms. The molecular weight excluding hydrogens is 272 g/mol. The molecule has 0 aliphatic heterocycles. The maximum absolute atomic E-state index is 9.51. The van der Waals surface area contributed by atoms with E-state index in [1.807, 2.05) is 12.1 Å². The zero-order valence-corrected chi connectivity index (χ0v) is 12.3. The Labute approximate surface area is 129 Å². The minimum absolute atomic E-state index is 0.308. The van der Waals surface area contributed by atoms with Crippen molar-refractivity contribution in [3.05, 3.63) is 46.6 Å². The van der Waals surface area contributed by atoms with Gasteiger partial charge in [-0.3, -0.25) is 0 Å². The molecule has 1 heterocycles. The second-order valence-electron chi connectivity index (χ2n) is 5.53. The molecule has 0 radical (unpaired) electrons. The van der Waals surface area contributed by atoms with Crippen LogP contribution in [0.15, 0.2) is 24.3 Å². The van der Waals surface area contributed by atoms with Crippen LogP contribution in [0, 0.1) is 22.7 Å². The van der Waals surface area contributed by atoms with E-state index < -0.39 is 0 Å². The largest absolute Gasteiger partial charge is 0.383 e. The van der Waals surface area contributed by atoms with E-state index in [0.717, 1.165) is 48.1 Å². The van der Waals surface area contributed by atoms with E-state index in [4.69, 9.17) is 11.0 Å². The van der Waals surface area contributed by atoms with Crippen LogP contribution in [0.3, 0.4) is 0 Å². The van der Waals surface area contributed by atoms with Crippen molar-refractivity contribution in [1.29, 1.82) is 10.5 Å². The van der Waals surface area contributed by atoms with E-state index in [2.05, 4.69) is 17.1 Å². The molecule has 3 rings (SSSR count). The monoisotopic (exact) mass is 288 g/mol. The molecule has 2 aromatic rings. The smallest absolute Gasteiger partial charge is 0.142 e. The van der Waals surface area contributed by atoms with Crippen molar-refractivity contribution in [2.24, 2.45) is 0 Å². The van der Waals surface area contributed by atoms with Crippen molar-refractivity contribution >= 4 is 5.82 Å². The van der Waals surface area contributed by atoms with Gasteiger partial charge in [-0.25, -0.2) is 4.98 Å². The normalized spacial score (nSPS) is 13.5. The molecule has 0 amide bonds. The molecule has 0 fully saturated rings. The fourth-order valence-corrected chi connectivity index (χ4v) is 3.08. The molecule has 0 unspecified atom stereocenters. The summed E-state index contributed by atoms with van der Waals surface area (Å²) in [7, 11) is 0. The van der Waals surface area contributed by atoms with Gasteiger partial charge in [0.2, 0.25) is 0 Å². The number of pyridine rings is 1. The summed E-state index contributed by atoms with van der Waals surface area (Å²) in [6.45, 7) is 0. The average molecular weight is 288 g/mol. The molecule has 108 valence electrons. The molecule has 1 aromatic heterocycles. The molecule has 0 saturated heterocycles. The highest BCUT2D eigenvalue weighted by molar-refractivity contribution is 5.79. The van der Waals surface area contributed by atoms with Gasteiger partial charge in [-0.15, -0.1) is 0 Å². The number of nitrogen functional groups attached to an aromatic ring is 1. The zero-order chi connectivity index (χ0) is 15.5. The van der Waals surface area contributed by atoms with Gasteiger partial charge in [0.05, 0.1) is 11.6 Å². The highest BCUT2D eigenvalue weighted by atomic mass is 14.9. The van der Waals surface area contributed by atoms with Gasteiger partial charge in [-0.1, -0.05) is 18.6 Å². The van der Waals surface area contributed by atoms with E-state index in [9.17, 15) is 5.26 Å². The number of nitriles is 2. The number of benzene rings is 1. The first-order valence-electron chi connectivity index (χ1n) is 7.46. The number of rotatable bonds is 1. The summed E-state index contributed by atoms with van der Waals surface area (Å²) in [4.78, 5) is 4.47. The van der Waals surface area contributed by atoms with Crippen LogP contribution in [-0.4, -0.2) is 4.98 Å². The van der Waals surface area contributed by atoms with Crippen LogP contribution in [0.1, 0.15) is 41.6 Å². The molecule has 22 heavy (non-hydrogen) atoms. The van der Waals surface area contributed by atoms with Crippen molar-refractivity contribution in [2.75, 3.05) is 5.73 Å². The first kappa shape index (κ1) is 14.1. The van der Waals surface area contributed by atoms with Crippen molar-refractivity contribution in [3.8, 4) is 23.3 Å². The van der Waals surface area contributed by atoms with Crippen molar-refractivity contribution in [3.63, 3.8) is 0 Å². The molecule has 4 nitrogen and oxygen atoms in total. The zero-order valence-electron chi connectivity index (χ0n) is 12.3. The Morgan fingerprint density at radius 3 is 2.36 bits per heavy atom. The highest BCUT2D eigenvalue weighted by Gasteiger charge is 2.21. The lowest BCUT2D eigenvalue weighted by Gasteiger charge is -2.15. The Morgan fingerprint density at radius 1 is 0.955 bits per heavy atom. The van der Waals surface area contributed by atoms with Crippen LogP contribution in [0.4, 0.5) is 5.82 Å². The van der Waals surface area contributed by atoms with Crippen LogP contribution in [0.25, 0.3) is 11.1 Å². The molecule has 2 N–H and O–H groups in total. The SMILES string of the molecule is N#Cc1ccc(-c2c(C#N)c(N)nc3c2CCCCC3)cc1. The summed E-state index contributed by atoms with van der Waals surface area (Å²) in [6, 6.07) is 11.6. The molecule has 1 aromatic carbocycles. The second-order valence-corrected chi connectivity index (χ2v) is 5.53. The Bertz CT molecular complexity index is 792. The van der Waals surface area contributed by atoms with Gasteiger partial charge < -0.3 is 5.73 Å². The van der Waals surface area contributed by atoms with Gasteiger partial charge in [-0.2, -0.15) is 10.5 Å². The number of fused-ring (bicyclic) bond motifs is 1. The number of nitrogens with two attached hydrogens (primary N) is 1. The third-order valence-corrected chi connectivity index (χ3v) is 4.17. The van der Waals surface area contributed by atoms with E-state index in [1.165, 1.54) is 6.42 Å². The second kappa shape index (κ2) is 5.87. The number of aromatic nitrogens is 1. The molecule has 1 aliphatic rings. The average Bonchev–Trinajstić information content (AvgIpc) is 2.78. The summed E-state index contributed by atoms with van der Waals surface area (Å²) in [5.74, 6) is 0.308. The lowest BCUT2D eigenvalue weighted by Crippen LogP contribution is -2.06. The molecule has 0 bridgehead atoms. The lowest BCUT2D eigenvalue weighted by molar-refractivity contribution is 0.709. The van der Waals surface area contributed by atoms with Gasteiger partial charge in [-0.05, 0) is 48.9 Å². The number of anilines is 1. The quantitative estimate of drug-likeness (QED) is 0.815. The van der Waals surface area contributed by atoms with Crippen LogP contribution in [0.5, 0.6) is 0 Å². The summed E-state index contributed by atoms with van der Waals surface area (Å²) in [5, 5.41) is 18.5. The third kappa shape index (κ3) is 2.40. The number of hydrogen-bond donors (Lipinski definition) is 1. The Morgan fingerprint density at radius 2 is 1.68 bits per heavy atom. The Hall–Kier alpha value is -2.85. The van der Waals surface area contributed by atoms with Gasteiger partial charge in [0.25, 0.3) is 0 Å². The van der Waals surface area contributed by atoms with E-state index in [-0.39, 0.29) is 0 Å². The minimum atomic E-state index is 0.308. The van der Waals surface area contributed by atoms with Crippen LogP contribution in [0.2, 0.25) is 0 Å². The molecular formula is C18H16N4. The maximum atomic E-state index is 9.51.